The van der Waals surface area contributed by atoms with Crippen molar-refractivity contribution in [3.63, 3.8) is 0 Å². The number of benzene rings is 1. The first-order chi connectivity index (χ1) is 8.11. The minimum absolute atomic E-state index is 0.161. The number of hydrogen-bond acceptors (Lipinski definition) is 3. The van der Waals surface area contributed by atoms with Crippen molar-refractivity contribution in [3.8, 4) is 16.9 Å². The fourth-order valence-electron chi connectivity index (χ4n) is 1.50. The molecule has 2 N–H and O–H groups in total. The van der Waals surface area contributed by atoms with Crippen LogP contribution in [-0.2, 0) is 0 Å². The Bertz CT molecular complexity index is 560. The fourth-order valence-corrected chi connectivity index (χ4v) is 1.72. The molecule has 0 saturated carbocycles. The van der Waals surface area contributed by atoms with Crippen molar-refractivity contribution >= 4 is 17.4 Å². The predicted molar refractivity (Wildman–Crippen MR) is 65.6 cm³/mol. The molecule has 0 amide bonds. The van der Waals surface area contributed by atoms with Gasteiger partial charge in [-0.1, -0.05) is 17.7 Å². The number of ether oxygens (including phenoxy) is 1. The number of nitrogens with zero attached hydrogens (tertiary/aromatic N) is 1. The Balaban J connectivity index is 2.56. The number of anilines is 1. The zero-order valence-electron chi connectivity index (χ0n) is 9.08. The molecule has 0 atom stereocenters. The van der Waals surface area contributed by atoms with E-state index in [9.17, 15) is 4.39 Å². The summed E-state index contributed by atoms with van der Waals surface area (Å²) in [6.07, 6.45) is 1.46. The van der Waals surface area contributed by atoms with Crippen molar-refractivity contribution in [1.29, 1.82) is 0 Å². The predicted octanol–water partition coefficient (Wildman–Crippen LogP) is 3.13. The smallest absolute Gasteiger partial charge is 0.165 e. The summed E-state index contributed by atoms with van der Waals surface area (Å²) in [6.45, 7) is 0. The summed E-state index contributed by atoms with van der Waals surface area (Å²) in [5, 5.41) is 0.452. The molecule has 2 rings (SSSR count). The third-order valence-corrected chi connectivity index (χ3v) is 2.64. The summed E-state index contributed by atoms with van der Waals surface area (Å²) >= 11 is 6.01. The third-order valence-electron chi connectivity index (χ3n) is 2.34. The molecule has 0 spiro atoms. The van der Waals surface area contributed by atoms with Crippen molar-refractivity contribution in [1.82, 2.24) is 4.98 Å². The monoisotopic (exact) mass is 252 g/mol. The third kappa shape index (κ3) is 2.31. The highest BCUT2D eigenvalue weighted by atomic mass is 35.5. The van der Waals surface area contributed by atoms with E-state index in [0.29, 0.717) is 16.4 Å². The standard InChI is InChI=1S/C12H10ClFN2O/c1-17-11-4-7(2-3-10(11)14)8-5-12(15)16-6-9(8)13/h2-6H,1H3,(H2,15,16). The van der Waals surface area contributed by atoms with Crippen LogP contribution in [0.2, 0.25) is 5.02 Å². The molecule has 0 fully saturated rings. The molecule has 17 heavy (non-hydrogen) atoms. The Labute approximate surface area is 103 Å². The van der Waals surface area contributed by atoms with E-state index in [0.717, 1.165) is 5.56 Å². The molecule has 0 aliphatic heterocycles. The van der Waals surface area contributed by atoms with E-state index < -0.39 is 5.82 Å². The van der Waals surface area contributed by atoms with E-state index in [4.69, 9.17) is 22.1 Å². The first kappa shape index (κ1) is 11.7. The van der Waals surface area contributed by atoms with E-state index in [1.165, 1.54) is 19.4 Å². The Morgan fingerprint density at radius 1 is 1.35 bits per heavy atom. The van der Waals surface area contributed by atoms with Gasteiger partial charge in [-0.25, -0.2) is 9.37 Å². The lowest BCUT2D eigenvalue weighted by molar-refractivity contribution is 0.387. The van der Waals surface area contributed by atoms with E-state index in [2.05, 4.69) is 4.98 Å². The maximum atomic E-state index is 13.3. The maximum absolute atomic E-state index is 13.3. The Morgan fingerprint density at radius 2 is 2.12 bits per heavy atom. The van der Waals surface area contributed by atoms with E-state index in [1.807, 2.05) is 0 Å². The molecule has 0 unspecified atom stereocenters. The van der Waals surface area contributed by atoms with Crippen molar-refractivity contribution in [2.45, 2.75) is 0 Å². The zero-order valence-corrected chi connectivity index (χ0v) is 9.83. The van der Waals surface area contributed by atoms with Crippen LogP contribution in [0.1, 0.15) is 0 Å². The van der Waals surface area contributed by atoms with Gasteiger partial charge in [0.1, 0.15) is 5.82 Å². The number of methoxy groups -OCH3 is 1. The van der Waals surface area contributed by atoms with E-state index in [1.54, 1.807) is 18.2 Å². The summed E-state index contributed by atoms with van der Waals surface area (Å²) in [6, 6.07) is 6.13. The molecule has 1 aromatic carbocycles. The molecule has 0 saturated heterocycles. The second-order valence-corrected chi connectivity index (χ2v) is 3.85. The molecule has 5 heteroatoms. The second kappa shape index (κ2) is 4.59. The molecular formula is C12H10ClFN2O. The average Bonchev–Trinajstić information content (AvgIpc) is 2.33. The van der Waals surface area contributed by atoms with Gasteiger partial charge in [0.15, 0.2) is 11.6 Å². The molecule has 88 valence electrons. The normalized spacial score (nSPS) is 10.3. The number of rotatable bonds is 2. The first-order valence-electron chi connectivity index (χ1n) is 4.86. The lowest BCUT2D eigenvalue weighted by atomic mass is 10.1. The van der Waals surface area contributed by atoms with Gasteiger partial charge in [0.2, 0.25) is 0 Å². The highest BCUT2D eigenvalue weighted by Gasteiger charge is 2.09. The quantitative estimate of drug-likeness (QED) is 0.893. The molecule has 0 bridgehead atoms. The van der Waals surface area contributed by atoms with Crippen LogP contribution in [0.5, 0.6) is 5.75 Å². The van der Waals surface area contributed by atoms with Gasteiger partial charge < -0.3 is 10.5 Å². The first-order valence-corrected chi connectivity index (χ1v) is 5.24. The Hall–Kier alpha value is -1.81. The van der Waals surface area contributed by atoms with E-state index >= 15 is 0 Å². The number of halogens is 2. The van der Waals surface area contributed by atoms with Crippen LogP contribution in [0.4, 0.5) is 10.2 Å². The Morgan fingerprint density at radius 3 is 2.82 bits per heavy atom. The highest BCUT2D eigenvalue weighted by Crippen LogP contribution is 2.31. The van der Waals surface area contributed by atoms with Crippen molar-refractivity contribution < 1.29 is 9.13 Å². The summed E-state index contributed by atoms with van der Waals surface area (Å²) < 4.78 is 18.2. The van der Waals surface area contributed by atoms with Gasteiger partial charge in [0.25, 0.3) is 0 Å². The van der Waals surface area contributed by atoms with Crippen molar-refractivity contribution in [3.05, 3.63) is 41.3 Å². The van der Waals surface area contributed by atoms with Crippen LogP contribution in [0.25, 0.3) is 11.1 Å². The summed E-state index contributed by atoms with van der Waals surface area (Å²) in [5.41, 5.74) is 7.01. The van der Waals surface area contributed by atoms with Crippen LogP contribution < -0.4 is 10.5 Å². The molecule has 1 aromatic heterocycles. The molecule has 0 aliphatic rings. The van der Waals surface area contributed by atoms with Gasteiger partial charge in [0, 0.05) is 11.8 Å². The van der Waals surface area contributed by atoms with Crippen molar-refractivity contribution in [2.24, 2.45) is 0 Å². The lowest BCUT2D eigenvalue weighted by Crippen LogP contribution is -1.92. The average molecular weight is 253 g/mol. The molecule has 0 aliphatic carbocycles. The molecular weight excluding hydrogens is 243 g/mol. The zero-order chi connectivity index (χ0) is 12.4. The van der Waals surface area contributed by atoms with E-state index in [-0.39, 0.29) is 5.75 Å². The van der Waals surface area contributed by atoms with Crippen LogP contribution in [0.3, 0.4) is 0 Å². The van der Waals surface area contributed by atoms with Gasteiger partial charge in [-0.2, -0.15) is 0 Å². The van der Waals surface area contributed by atoms with Gasteiger partial charge in [-0.15, -0.1) is 0 Å². The summed E-state index contributed by atoms with van der Waals surface area (Å²) in [7, 11) is 1.41. The topological polar surface area (TPSA) is 48.1 Å². The number of nitrogens with two attached hydrogens (primary N) is 1. The molecule has 2 aromatic rings. The van der Waals surface area contributed by atoms with Crippen LogP contribution in [0, 0.1) is 5.82 Å². The van der Waals surface area contributed by atoms with Gasteiger partial charge >= 0.3 is 0 Å². The minimum Gasteiger partial charge on any atom is -0.494 e. The van der Waals surface area contributed by atoms with Crippen LogP contribution in [-0.4, -0.2) is 12.1 Å². The van der Waals surface area contributed by atoms with Crippen molar-refractivity contribution in [2.75, 3.05) is 12.8 Å². The molecule has 3 nitrogen and oxygen atoms in total. The van der Waals surface area contributed by atoms with Gasteiger partial charge in [-0.05, 0) is 23.8 Å². The number of aromatic nitrogens is 1. The lowest BCUT2D eigenvalue weighted by Gasteiger charge is -2.08. The number of pyridine rings is 1. The summed E-state index contributed by atoms with van der Waals surface area (Å²) in [5.74, 6) is 0.0936. The maximum Gasteiger partial charge on any atom is 0.165 e. The van der Waals surface area contributed by atoms with Crippen LogP contribution in [0.15, 0.2) is 30.5 Å². The highest BCUT2D eigenvalue weighted by molar-refractivity contribution is 6.33. The van der Waals surface area contributed by atoms with Crippen LogP contribution >= 0.6 is 11.6 Å². The second-order valence-electron chi connectivity index (χ2n) is 3.44. The number of nitrogen functional groups attached to an aromatic ring is 1. The fraction of sp³-hybridized carbons (Fsp3) is 0.0833. The Kier molecular flexibility index (Phi) is 3.15. The number of hydrogen-bond donors (Lipinski definition) is 1. The molecule has 1 heterocycles. The minimum atomic E-state index is -0.422. The van der Waals surface area contributed by atoms with Gasteiger partial charge in [-0.3, -0.25) is 0 Å². The molecule has 0 radical (unpaired) electrons. The summed E-state index contributed by atoms with van der Waals surface area (Å²) in [4.78, 5) is 3.87. The largest absolute Gasteiger partial charge is 0.494 e. The van der Waals surface area contributed by atoms with Gasteiger partial charge in [0.05, 0.1) is 12.1 Å². The SMILES string of the molecule is COc1cc(-c2cc(N)ncc2Cl)ccc1F.